The molecule has 0 fully saturated rings. The summed E-state index contributed by atoms with van der Waals surface area (Å²) in [6, 6.07) is 14.6. The first-order valence-electron chi connectivity index (χ1n) is 8.25. The Morgan fingerprint density at radius 3 is 2.89 bits per heavy atom. The van der Waals surface area contributed by atoms with E-state index in [1.165, 1.54) is 6.08 Å². The number of fused-ring (bicyclic) bond motifs is 1. The Labute approximate surface area is 160 Å². The van der Waals surface area contributed by atoms with Crippen molar-refractivity contribution in [1.82, 2.24) is 10.5 Å². The lowest BCUT2D eigenvalue weighted by Gasteiger charge is -1.99. The van der Waals surface area contributed by atoms with E-state index in [0.29, 0.717) is 28.0 Å². The van der Waals surface area contributed by atoms with Gasteiger partial charge in [-0.3, -0.25) is 4.79 Å². The average molecular weight is 383 g/mol. The molecule has 0 aliphatic carbocycles. The number of benzene rings is 2. The number of carbonyl (C=O) groups is 1. The molecule has 136 valence electrons. The van der Waals surface area contributed by atoms with Crippen molar-refractivity contribution in [3.63, 3.8) is 0 Å². The summed E-state index contributed by atoms with van der Waals surface area (Å²) in [5, 5.41) is 7.33. The molecule has 1 N–H and O–H groups in total. The molecule has 1 aliphatic heterocycles. The standard InChI is InChI=1S/C20H15ClN2O4/c21-16-4-2-1-3-13(16)6-8-20(24)22-11-15-10-18(27-23-15)14-5-7-17-19(9-14)26-12-25-17/h1-10H,11-12H2,(H,22,24)/b8-6+. The summed E-state index contributed by atoms with van der Waals surface area (Å²) < 4.78 is 16.0. The second-order valence-corrected chi connectivity index (χ2v) is 6.23. The van der Waals surface area contributed by atoms with Gasteiger partial charge in [0, 0.05) is 22.7 Å². The lowest BCUT2D eigenvalue weighted by Crippen LogP contribution is -2.20. The minimum Gasteiger partial charge on any atom is -0.454 e. The molecule has 0 saturated carbocycles. The van der Waals surface area contributed by atoms with Gasteiger partial charge in [0.15, 0.2) is 17.3 Å². The summed E-state index contributed by atoms with van der Waals surface area (Å²) in [6.07, 6.45) is 3.10. The first-order chi connectivity index (χ1) is 13.2. The summed E-state index contributed by atoms with van der Waals surface area (Å²) in [5.41, 5.74) is 2.21. The quantitative estimate of drug-likeness (QED) is 0.674. The molecule has 0 atom stereocenters. The van der Waals surface area contributed by atoms with Crippen LogP contribution in [-0.4, -0.2) is 17.9 Å². The van der Waals surface area contributed by atoms with Crippen LogP contribution in [0, 0.1) is 0 Å². The van der Waals surface area contributed by atoms with E-state index < -0.39 is 0 Å². The van der Waals surface area contributed by atoms with E-state index in [9.17, 15) is 4.79 Å². The lowest BCUT2D eigenvalue weighted by atomic mass is 10.1. The van der Waals surface area contributed by atoms with E-state index >= 15 is 0 Å². The summed E-state index contributed by atoms with van der Waals surface area (Å²) >= 11 is 6.05. The third-order valence-electron chi connectivity index (χ3n) is 3.98. The molecule has 4 rings (SSSR count). The monoisotopic (exact) mass is 382 g/mol. The molecule has 27 heavy (non-hydrogen) atoms. The summed E-state index contributed by atoms with van der Waals surface area (Å²) in [5.74, 6) is 1.71. The van der Waals surface area contributed by atoms with Gasteiger partial charge in [0.1, 0.15) is 5.69 Å². The van der Waals surface area contributed by atoms with E-state index in [1.54, 1.807) is 18.2 Å². The highest BCUT2D eigenvalue weighted by Gasteiger charge is 2.16. The van der Waals surface area contributed by atoms with E-state index in [0.717, 1.165) is 11.1 Å². The van der Waals surface area contributed by atoms with Crippen LogP contribution < -0.4 is 14.8 Å². The van der Waals surface area contributed by atoms with Crippen LogP contribution in [0.5, 0.6) is 11.5 Å². The van der Waals surface area contributed by atoms with Gasteiger partial charge in [0.05, 0.1) is 6.54 Å². The normalized spacial score (nSPS) is 12.5. The second-order valence-electron chi connectivity index (χ2n) is 5.82. The van der Waals surface area contributed by atoms with Gasteiger partial charge >= 0.3 is 0 Å². The maximum Gasteiger partial charge on any atom is 0.244 e. The molecule has 0 radical (unpaired) electrons. The van der Waals surface area contributed by atoms with Crippen LogP contribution in [0.3, 0.4) is 0 Å². The van der Waals surface area contributed by atoms with Gasteiger partial charge in [-0.2, -0.15) is 0 Å². The Morgan fingerprint density at radius 1 is 1.15 bits per heavy atom. The van der Waals surface area contributed by atoms with Gasteiger partial charge in [0.2, 0.25) is 12.7 Å². The molecule has 7 heteroatoms. The van der Waals surface area contributed by atoms with Crippen LogP contribution in [0.25, 0.3) is 17.4 Å². The van der Waals surface area contributed by atoms with E-state index in [1.807, 2.05) is 36.4 Å². The van der Waals surface area contributed by atoms with Crippen LogP contribution in [-0.2, 0) is 11.3 Å². The zero-order valence-corrected chi connectivity index (χ0v) is 14.9. The van der Waals surface area contributed by atoms with E-state index in [2.05, 4.69) is 10.5 Å². The van der Waals surface area contributed by atoms with Crippen molar-refractivity contribution < 1.29 is 18.8 Å². The SMILES string of the molecule is O=C(/C=C/c1ccccc1Cl)NCc1cc(-c2ccc3c(c2)OCO3)on1. The van der Waals surface area contributed by atoms with Gasteiger partial charge in [-0.15, -0.1) is 0 Å². The molecule has 0 saturated heterocycles. The van der Waals surface area contributed by atoms with Crippen LogP contribution in [0.2, 0.25) is 5.02 Å². The van der Waals surface area contributed by atoms with Crippen LogP contribution in [0.1, 0.15) is 11.3 Å². The Hall–Kier alpha value is -3.25. The third-order valence-corrected chi connectivity index (χ3v) is 4.32. The van der Waals surface area contributed by atoms with Crippen LogP contribution in [0.4, 0.5) is 0 Å². The molecule has 0 unspecified atom stereocenters. The number of hydrogen-bond acceptors (Lipinski definition) is 5. The topological polar surface area (TPSA) is 73.6 Å². The summed E-state index contributed by atoms with van der Waals surface area (Å²) in [4.78, 5) is 12.0. The molecular weight excluding hydrogens is 368 g/mol. The molecule has 1 aromatic heterocycles. The number of amides is 1. The van der Waals surface area contributed by atoms with Crippen molar-refractivity contribution >= 4 is 23.6 Å². The highest BCUT2D eigenvalue weighted by atomic mass is 35.5. The molecule has 0 bridgehead atoms. The molecular formula is C20H15ClN2O4. The van der Waals surface area contributed by atoms with E-state index in [4.69, 9.17) is 25.6 Å². The molecule has 1 amide bonds. The van der Waals surface area contributed by atoms with Crippen molar-refractivity contribution in [3.05, 3.63) is 70.9 Å². The maximum atomic E-state index is 12.0. The number of halogens is 1. The fraction of sp³-hybridized carbons (Fsp3) is 0.100. The van der Waals surface area contributed by atoms with Crippen molar-refractivity contribution in [3.8, 4) is 22.8 Å². The first-order valence-corrected chi connectivity index (χ1v) is 8.63. The number of carbonyl (C=O) groups excluding carboxylic acids is 1. The van der Waals surface area contributed by atoms with Crippen LogP contribution >= 0.6 is 11.6 Å². The third kappa shape index (κ3) is 3.96. The van der Waals surface area contributed by atoms with Gasteiger partial charge in [-0.25, -0.2) is 0 Å². The summed E-state index contributed by atoms with van der Waals surface area (Å²) in [6.45, 7) is 0.466. The average Bonchev–Trinajstić information content (AvgIpc) is 3.34. The highest BCUT2D eigenvalue weighted by molar-refractivity contribution is 6.32. The van der Waals surface area contributed by atoms with Crippen LogP contribution in [0.15, 0.2) is 59.1 Å². The minimum atomic E-state index is -0.248. The zero-order valence-electron chi connectivity index (χ0n) is 14.1. The molecule has 3 aromatic rings. The second kappa shape index (κ2) is 7.55. The highest BCUT2D eigenvalue weighted by Crippen LogP contribution is 2.35. The lowest BCUT2D eigenvalue weighted by molar-refractivity contribution is -0.116. The molecule has 6 nitrogen and oxygen atoms in total. The Morgan fingerprint density at radius 2 is 2.00 bits per heavy atom. The number of nitrogens with zero attached hydrogens (tertiary/aromatic N) is 1. The predicted octanol–water partition coefficient (Wildman–Crippen LogP) is 4.05. The van der Waals surface area contributed by atoms with Gasteiger partial charge in [-0.05, 0) is 35.9 Å². The fourth-order valence-corrected chi connectivity index (χ4v) is 2.79. The van der Waals surface area contributed by atoms with Crippen molar-refractivity contribution in [2.75, 3.05) is 6.79 Å². The fourth-order valence-electron chi connectivity index (χ4n) is 2.59. The molecule has 2 heterocycles. The van der Waals surface area contributed by atoms with Crippen molar-refractivity contribution in [2.45, 2.75) is 6.54 Å². The molecule has 0 spiro atoms. The summed E-state index contributed by atoms with van der Waals surface area (Å²) in [7, 11) is 0. The Balaban J connectivity index is 1.37. The predicted molar refractivity (Wildman–Crippen MR) is 100 cm³/mol. The van der Waals surface area contributed by atoms with Gasteiger partial charge in [-0.1, -0.05) is 35.0 Å². The first kappa shape index (κ1) is 17.2. The number of nitrogens with one attached hydrogen (secondary N) is 1. The zero-order chi connectivity index (χ0) is 18.6. The van der Waals surface area contributed by atoms with Crippen molar-refractivity contribution in [1.29, 1.82) is 0 Å². The molecule has 1 aliphatic rings. The van der Waals surface area contributed by atoms with Crippen molar-refractivity contribution in [2.24, 2.45) is 0 Å². The largest absolute Gasteiger partial charge is 0.454 e. The number of rotatable bonds is 5. The molecule has 2 aromatic carbocycles. The number of ether oxygens (including phenoxy) is 2. The Kier molecular flexibility index (Phi) is 4.80. The number of hydrogen-bond donors (Lipinski definition) is 1. The smallest absolute Gasteiger partial charge is 0.244 e. The van der Waals surface area contributed by atoms with Gasteiger partial charge in [0.25, 0.3) is 0 Å². The Bertz CT molecular complexity index is 1010. The minimum absolute atomic E-state index is 0.216. The van der Waals surface area contributed by atoms with E-state index in [-0.39, 0.29) is 19.2 Å². The maximum absolute atomic E-state index is 12.0. The van der Waals surface area contributed by atoms with Gasteiger partial charge < -0.3 is 19.3 Å². The number of aromatic nitrogens is 1.